The van der Waals surface area contributed by atoms with Crippen LogP contribution >= 0.6 is 24.0 Å². The minimum atomic E-state index is 0. The van der Waals surface area contributed by atoms with Crippen molar-refractivity contribution in [1.82, 2.24) is 20.4 Å². The highest BCUT2D eigenvalue weighted by Gasteiger charge is 2.23. The zero-order valence-electron chi connectivity index (χ0n) is 16.1. The number of rotatable bonds is 5. The average molecular weight is 473 g/mol. The second-order valence-corrected chi connectivity index (χ2v) is 7.05. The van der Waals surface area contributed by atoms with Gasteiger partial charge < -0.3 is 20.3 Å². The van der Waals surface area contributed by atoms with Gasteiger partial charge in [0.05, 0.1) is 13.1 Å². The number of nitrogens with zero attached hydrogens (tertiary/aromatic N) is 3. The topological polar surface area (TPSA) is 52.1 Å². The van der Waals surface area contributed by atoms with E-state index >= 15 is 0 Å². The Hall–Kier alpha value is -1.06. The molecule has 1 fully saturated rings. The molecule has 146 valence electrons. The van der Waals surface area contributed by atoms with Crippen LogP contribution in [0.4, 0.5) is 0 Å². The van der Waals surface area contributed by atoms with Crippen LogP contribution in [0.2, 0.25) is 0 Å². The zero-order valence-corrected chi connectivity index (χ0v) is 18.4. The fourth-order valence-corrected chi connectivity index (χ4v) is 3.42. The molecule has 6 nitrogen and oxygen atoms in total. The minimum absolute atomic E-state index is 0. The van der Waals surface area contributed by atoms with Crippen LogP contribution in [0, 0.1) is 0 Å². The molecule has 0 radical (unpaired) electrons. The summed E-state index contributed by atoms with van der Waals surface area (Å²) in [5, 5.41) is 6.79. The summed E-state index contributed by atoms with van der Waals surface area (Å²) in [4.78, 5) is 9.59. The first kappa shape index (κ1) is 21.2. The van der Waals surface area contributed by atoms with Crippen LogP contribution in [-0.4, -0.2) is 81.3 Å². The predicted octanol–water partition coefficient (Wildman–Crippen LogP) is 1.41. The van der Waals surface area contributed by atoms with E-state index in [0.717, 1.165) is 57.4 Å². The lowest BCUT2D eigenvalue weighted by Gasteiger charge is -2.36. The normalized spacial score (nSPS) is 23.7. The number of benzene rings is 1. The Labute approximate surface area is 174 Å². The van der Waals surface area contributed by atoms with Gasteiger partial charge in [0.1, 0.15) is 11.9 Å². The van der Waals surface area contributed by atoms with Crippen LogP contribution in [0.3, 0.4) is 0 Å². The smallest absolute Gasteiger partial charge is 0.191 e. The number of hydrogen-bond donors (Lipinski definition) is 2. The van der Waals surface area contributed by atoms with E-state index in [9.17, 15) is 0 Å². The SMILES string of the molecule is CCNC(=NCC1CN(C)CCN1C)NCC1Cc2ccccc2O1.I. The molecular formula is C19H32IN5O. The first-order chi connectivity index (χ1) is 12.2. The van der Waals surface area contributed by atoms with Gasteiger partial charge in [0.2, 0.25) is 0 Å². The first-order valence-corrected chi connectivity index (χ1v) is 9.31. The minimum Gasteiger partial charge on any atom is -0.488 e. The summed E-state index contributed by atoms with van der Waals surface area (Å²) < 4.78 is 6.00. The summed E-state index contributed by atoms with van der Waals surface area (Å²) in [5.41, 5.74) is 1.29. The Morgan fingerprint density at radius 3 is 2.81 bits per heavy atom. The molecule has 1 aromatic rings. The van der Waals surface area contributed by atoms with Crippen molar-refractivity contribution in [3.8, 4) is 5.75 Å². The van der Waals surface area contributed by atoms with E-state index in [2.05, 4.69) is 53.6 Å². The molecule has 0 aromatic heterocycles. The molecule has 26 heavy (non-hydrogen) atoms. The first-order valence-electron chi connectivity index (χ1n) is 9.31. The highest BCUT2D eigenvalue weighted by atomic mass is 127. The maximum absolute atomic E-state index is 6.00. The van der Waals surface area contributed by atoms with Gasteiger partial charge in [-0.15, -0.1) is 24.0 Å². The van der Waals surface area contributed by atoms with E-state index in [1.165, 1.54) is 5.56 Å². The van der Waals surface area contributed by atoms with Crippen molar-refractivity contribution in [2.75, 3.05) is 53.4 Å². The second kappa shape index (κ2) is 10.3. The van der Waals surface area contributed by atoms with E-state index in [-0.39, 0.29) is 30.1 Å². The van der Waals surface area contributed by atoms with Crippen molar-refractivity contribution < 1.29 is 4.74 Å². The van der Waals surface area contributed by atoms with Gasteiger partial charge in [0.15, 0.2) is 5.96 Å². The lowest BCUT2D eigenvalue weighted by atomic mass is 10.1. The van der Waals surface area contributed by atoms with Gasteiger partial charge in [0, 0.05) is 38.6 Å². The Bertz CT molecular complexity index is 572. The number of hydrogen-bond acceptors (Lipinski definition) is 4. The monoisotopic (exact) mass is 473 g/mol. The lowest BCUT2D eigenvalue weighted by molar-refractivity contribution is 0.119. The number of fused-ring (bicyclic) bond motifs is 1. The summed E-state index contributed by atoms with van der Waals surface area (Å²) in [5.74, 6) is 1.90. The number of likely N-dealkylation sites (N-methyl/N-ethyl adjacent to an activating group) is 2. The summed E-state index contributed by atoms with van der Waals surface area (Å²) >= 11 is 0. The average Bonchev–Trinajstić information content (AvgIpc) is 3.03. The van der Waals surface area contributed by atoms with Crippen LogP contribution < -0.4 is 15.4 Å². The molecule has 3 rings (SSSR count). The van der Waals surface area contributed by atoms with Crippen LogP contribution in [-0.2, 0) is 6.42 Å². The number of guanidine groups is 1. The van der Waals surface area contributed by atoms with Gasteiger partial charge in [-0.25, -0.2) is 0 Å². The van der Waals surface area contributed by atoms with E-state index in [0.29, 0.717) is 6.04 Å². The molecule has 0 aliphatic carbocycles. The number of nitrogens with one attached hydrogen (secondary N) is 2. The Balaban J connectivity index is 0.00000243. The molecule has 2 heterocycles. The quantitative estimate of drug-likeness (QED) is 0.385. The zero-order chi connectivity index (χ0) is 17.6. The largest absolute Gasteiger partial charge is 0.488 e. The summed E-state index contributed by atoms with van der Waals surface area (Å²) in [7, 11) is 4.37. The highest BCUT2D eigenvalue weighted by molar-refractivity contribution is 14.0. The maximum Gasteiger partial charge on any atom is 0.191 e. The Kier molecular flexibility index (Phi) is 8.43. The van der Waals surface area contributed by atoms with Gasteiger partial charge >= 0.3 is 0 Å². The number of para-hydroxylation sites is 1. The summed E-state index contributed by atoms with van der Waals surface area (Å²) in [6.45, 7) is 7.84. The van der Waals surface area contributed by atoms with Crippen LogP contribution in [0.5, 0.6) is 5.75 Å². The molecule has 7 heteroatoms. The fraction of sp³-hybridized carbons (Fsp3) is 0.632. The number of ether oxygens (including phenoxy) is 1. The van der Waals surface area contributed by atoms with Gasteiger partial charge in [0.25, 0.3) is 0 Å². The molecule has 2 aliphatic heterocycles. The van der Waals surface area contributed by atoms with Gasteiger partial charge in [-0.3, -0.25) is 9.89 Å². The highest BCUT2D eigenvalue weighted by Crippen LogP contribution is 2.27. The van der Waals surface area contributed by atoms with Crippen molar-refractivity contribution in [3.05, 3.63) is 29.8 Å². The maximum atomic E-state index is 6.00. The van der Waals surface area contributed by atoms with Gasteiger partial charge in [-0.2, -0.15) is 0 Å². The van der Waals surface area contributed by atoms with Crippen LogP contribution in [0.25, 0.3) is 0 Å². The molecule has 2 unspecified atom stereocenters. The molecule has 1 aromatic carbocycles. The molecule has 0 amide bonds. The molecule has 1 saturated heterocycles. The van der Waals surface area contributed by atoms with Crippen molar-refractivity contribution in [3.63, 3.8) is 0 Å². The van der Waals surface area contributed by atoms with E-state index in [1.807, 2.05) is 12.1 Å². The molecular weight excluding hydrogens is 441 g/mol. The van der Waals surface area contributed by atoms with Gasteiger partial charge in [-0.1, -0.05) is 18.2 Å². The third-order valence-electron chi connectivity index (χ3n) is 5.00. The van der Waals surface area contributed by atoms with Crippen LogP contribution in [0.15, 0.2) is 29.3 Å². The van der Waals surface area contributed by atoms with E-state index in [1.54, 1.807) is 0 Å². The predicted molar refractivity (Wildman–Crippen MR) is 118 cm³/mol. The second-order valence-electron chi connectivity index (χ2n) is 7.05. The Morgan fingerprint density at radius 1 is 1.23 bits per heavy atom. The van der Waals surface area contributed by atoms with Crippen molar-refractivity contribution >= 4 is 29.9 Å². The summed E-state index contributed by atoms with van der Waals surface area (Å²) in [6.07, 6.45) is 1.13. The number of aliphatic imine (C=N–C) groups is 1. The number of halogens is 1. The van der Waals surface area contributed by atoms with Crippen LogP contribution in [0.1, 0.15) is 12.5 Å². The third kappa shape index (κ3) is 5.72. The lowest BCUT2D eigenvalue weighted by Crippen LogP contribution is -2.51. The molecule has 0 bridgehead atoms. The molecule has 0 spiro atoms. The third-order valence-corrected chi connectivity index (χ3v) is 5.00. The molecule has 0 saturated carbocycles. The van der Waals surface area contributed by atoms with Gasteiger partial charge in [-0.05, 0) is 32.6 Å². The van der Waals surface area contributed by atoms with Crippen molar-refractivity contribution in [2.24, 2.45) is 4.99 Å². The Morgan fingerprint density at radius 2 is 2.04 bits per heavy atom. The van der Waals surface area contributed by atoms with Crippen molar-refractivity contribution in [2.45, 2.75) is 25.5 Å². The standard InChI is InChI=1S/C19H31N5O.HI/c1-4-20-19(21-12-16-14-23(2)9-10-24(16)3)22-13-17-11-15-7-5-6-8-18(15)25-17;/h5-8,16-17H,4,9-14H2,1-3H3,(H2,20,21,22);1H. The molecule has 2 atom stereocenters. The van der Waals surface area contributed by atoms with E-state index in [4.69, 9.17) is 9.73 Å². The number of piperazine rings is 1. The molecule has 2 N–H and O–H groups in total. The van der Waals surface area contributed by atoms with E-state index < -0.39 is 0 Å². The summed E-state index contributed by atoms with van der Waals surface area (Å²) in [6, 6.07) is 8.76. The fourth-order valence-electron chi connectivity index (χ4n) is 3.42. The molecule has 2 aliphatic rings. The van der Waals surface area contributed by atoms with Crippen molar-refractivity contribution in [1.29, 1.82) is 0 Å².